The molecule has 2 aliphatic rings. The van der Waals surface area contributed by atoms with E-state index >= 15 is 0 Å². The molecule has 3 atom stereocenters. The average molecular weight is 284 g/mol. The molecule has 0 aromatic heterocycles. The van der Waals surface area contributed by atoms with Crippen molar-refractivity contribution in [3.8, 4) is 0 Å². The molecule has 4 heteroatoms. The summed E-state index contributed by atoms with van der Waals surface area (Å²) in [6.07, 6.45) is 6.37. The second-order valence-electron chi connectivity index (χ2n) is 7.57. The number of hydrogen-bond donors (Lipinski definition) is 1. The third kappa shape index (κ3) is 3.27. The highest BCUT2D eigenvalue weighted by atomic mass is 32.2. The van der Waals surface area contributed by atoms with E-state index in [0.29, 0.717) is 16.9 Å². The number of rotatable bonds is 4. The van der Waals surface area contributed by atoms with Gasteiger partial charge in [0.2, 0.25) is 5.91 Å². The minimum Gasteiger partial charge on any atom is -0.338 e. The average Bonchev–Trinajstić information content (AvgIpc) is 2.54. The van der Waals surface area contributed by atoms with Crippen LogP contribution in [0.25, 0.3) is 0 Å². The minimum absolute atomic E-state index is 0.181. The summed E-state index contributed by atoms with van der Waals surface area (Å²) in [6, 6.07) is 0.111. The largest absolute Gasteiger partial charge is 0.338 e. The first-order valence-electron chi connectivity index (χ1n) is 7.31. The van der Waals surface area contributed by atoms with Gasteiger partial charge in [0.05, 0.1) is 6.04 Å². The molecule has 0 aromatic carbocycles. The van der Waals surface area contributed by atoms with Crippen molar-refractivity contribution in [3.05, 3.63) is 0 Å². The molecule has 0 radical (unpaired) electrons. The van der Waals surface area contributed by atoms with Crippen LogP contribution >= 0.6 is 11.8 Å². The van der Waals surface area contributed by atoms with E-state index in [1.165, 1.54) is 6.42 Å². The lowest BCUT2D eigenvalue weighted by molar-refractivity contribution is -0.133. The van der Waals surface area contributed by atoms with Crippen LogP contribution in [0.5, 0.6) is 0 Å². The normalized spacial score (nSPS) is 34.4. The molecule has 2 rings (SSSR count). The van der Waals surface area contributed by atoms with Gasteiger partial charge >= 0.3 is 0 Å². The quantitative estimate of drug-likeness (QED) is 0.863. The highest BCUT2D eigenvalue weighted by Gasteiger charge is 2.51. The lowest BCUT2D eigenvalue weighted by Crippen LogP contribution is -2.46. The molecule has 1 aliphatic carbocycles. The molecule has 110 valence electrons. The fourth-order valence-corrected chi connectivity index (χ4v) is 4.79. The third-order valence-corrected chi connectivity index (χ3v) is 5.29. The molecule has 2 bridgehead atoms. The van der Waals surface area contributed by atoms with E-state index in [0.717, 1.165) is 31.6 Å². The van der Waals surface area contributed by atoms with Crippen LogP contribution in [-0.2, 0) is 4.79 Å². The van der Waals surface area contributed by atoms with Crippen molar-refractivity contribution in [2.24, 2.45) is 16.6 Å². The number of likely N-dealkylation sites (tertiary alicyclic amines) is 1. The minimum atomic E-state index is -0.307. The Bertz CT molecular complexity index is 358. The van der Waals surface area contributed by atoms with Gasteiger partial charge < -0.3 is 10.6 Å². The van der Waals surface area contributed by atoms with Gasteiger partial charge in [-0.3, -0.25) is 4.79 Å². The van der Waals surface area contributed by atoms with Crippen molar-refractivity contribution in [2.75, 3.05) is 18.6 Å². The number of carbonyl (C=O) groups is 1. The molecule has 1 saturated heterocycles. The van der Waals surface area contributed by atoms with Gasteiger partial charge in [-0.2, -0.15) is 11.8 Å². The second kappa shape index (κ2) is 5.28. The molecule has 2 fully saturated rings. The van der Waals surface area contributed by atoms with Gasteiger partial charge in [-0.1, -0.05) is 20.8 Å². The number of thioether (sulfide) groups is 1. The second-order valence-corrected chi connectivity index (χ2v) is 8.55. The molecule has 1 amide bonds. The van der Waals surface area contributed by atoms with E-state index in [2.05, 4.69) is 31.9 Å². The van der Waals surface area contributed by atoms with Gasteiger partial charge in [0, 0.05) is 12.6 Å². The van der Waals surface area contributed by atoms with Crippen LogP contribution in [0.2, 0.25) is 0 Å². The lowest BCUT2D eigenvalue weighted by Gasteiger charge is -2.39. The summed E-state index contributed by atoms with van der Waals surface area (Å²) in [5.74, 6) is 1.15. The predicted molar refractivity (Wildman–Crippen MR) is 82.2 cm³/mol. The first-order valence-corrected chi connectivity index (χ1v) is 8.71. The maximum absolute atomic E-state index is 12.5. The fraction of sp³-hybridized carbons (Fsp3) is 0.933. The Morgan fingerprint density at radius 1 is 1.42 bits per heavy atom. The molecular formula is C15H28N2OS. The van der Waals surface area contributed by atoms with E-state index in [-0.39, 0.29) is 11.9 Å². The van der Waals surface area contributed by atoms with Crippen LogP contribution in [0.3, 0.4) is 0 Å². The zero-order chi connectivity index (χ0) is 14.3. The van der Waals surface area contributed by atoms with Gasteiger partial charge in [-0.25, -0.2) is 0 Å². The third-order valence-electron chi connectivity index (χ3n) is 4.65. The summed E-state index contributed by atoms with van der Waals surface area (Å²) in [5.41, 5.74) is 6.74. The van der Waals surface area contributed by atoms with Gasteiger partial charge in [0.1, 0.15) is 0 Å². The van der Waals surface area contributed by atoms with E-state index in [9.17, 15) is 4.79 Å². The number of nitrogens with zero attached hydrogens (tertiary/aromatic N) is 1. The Morgan fingerprint density at radius 2 is 2.11 bits per heavy atom. The summed E-state index contributed by atoms with van der Waals surface area (Å²) in [6.45, 7) is 7.91. The van der Waals surface area contributed by atoms with Gasteiger partial charge in [0.25, 0.3) is 0 Å². The smallest absolute Gasteiger partial charge is 0.239 e. The molecular weight excluding hydrogens is 256 g/mol. The lowest BCUT2D eigenvalue weighted by atomic mass is 9.65. The number of hydrogen-bond acceptors (Lipinski definition) is 3. The molecule has 0 aromatic rings. The Balaban J connectivity index is 2.05. The van der Waals surface area contributed by atoms with Crippen molar-refractivity contribution in [3.63, 3.8) is 0 Å². The number of nitrogens with two attached hydrogens (primary N) is 1. The van der Waals surface area contributed by atoms with Crippen LogP contribution in [0.1, 0.15) is 46.5 Å². The summed E-state index contributed by atoms with van der Waals surface area (Å²) >= 11 is 1.76. The van der Waals surface area contributed by atoms with Crippen LogP contribution in [0, 0.1) is 10.8 Å². The zero-order valence-electron chi connectivity index (χ0n) is 12.7. The molecule has 2 unspecified atom stereocenters. The van der Waals surface area contributed by atoms with Crippen LogP contribution in [0.15, 0.2) is 0 Å². The number of fused-ring (bicyclic) bond motifs is 2. The van der Waals surface area contributed by atoms with Gasteiger partial charge in [-0.15, -0.1) is 0 Å². The summed E-state index contributed by atoms with van der Waals surface area (Å²) in [5, 5.41) is 0. The van der Waals surface area contributed by atoms with Crippen molar-refractivity contribution in [2.45, 2.75) is 58.5 Å². The van der Waals surface area contributed by atoms with Crippen molar-refractivity contribution in [1.29, 1.82) is 0 Å². The van der Waals surface area contributed by atoms with Crippen LogP contribution in [0.4, 0.5) is 0 Å². The molecule has 1 saturated carbocycles. The molecule has 3 nitrogen and oxygen atoms in total. The van der Waals surface area contributed by atoms with E-state index in [4.69, 9.17) is 5.73 Å². The number of amides is 1. The van der Waals surface area contributed by atoms with Crippen molar-refractivity contribution >= 4 is 17.7 Å². The van der Waals surface area contributed by atoms with Crippen molar-refractivity contribution < 1.29 is 4.79 Å². The Kier molecular flexibility index (Phi) is 4.22. The standard InChI is InChI=1S/C15H28N2OS/c1-14(2)7-11-8-15(3,9-14)10-17(11)13(18)12(16)5-6-19-4/h11-12H,5-10,16H2,1-4H3/t11?,12-,15?/m0/s1. The maximum Gasteiger partial charge on any atom is 0.239 e. The maximum atomic E-state index is 12.5. The molecule has 2 N–H and O–H groups in total. The van der Waals surface area contributed by atoms with E-state index < -0.39 is 0 Å². The van der Waals surface area contributed by atoms with E-state index in [1.807, 2.05) is 0 Å². The first-order chi connectivity index (χ1) is 8.76. The molecule has 1 aliphatic heterocycles. The predicted octanol–water partition coefficient (Wildman–Crippen LogP) is 2.49. The fourth-order valence-electron chi connectivity index (χ4n) is 4.30. The van der Waals surface area contributed by atoms with Gasteiger partial charge in [-0.05, 0) is 48.5 Å². The topological polar surface area (TPSA) is 46.3 Å². The highest BCUT2D eigenvalue weighted by Crippen LogP contribution is 2.52. The van der Waals surface area contributed by atoms with Crippen molar-refractivity contribution in [1.82, 2.24) is 4.90 Å². The highest BCUT2D eigenvalue weighted by molar-refractivity contribution is 7.98. The Morgan fingerprint density at radius 3 is 2.74 bits per heavy atom. The molecule has 0 spiro atoms. The zero-order valence-corrected chi connectivity index (χ0v) is 13.6. The monoisotopic (exact) mass is 284 g/mol. The summed E-state index contributed by atoms with van der Waals surface area (Å²) in [4.78, 5) is 14.6. The first kappa shape index (κ1) is 15.2. The number of carbonyl (C=O) groups excluding carboxylic acids is 1. The summed E-state index contributed by atoms with van der Waals surface area (Å²) in [7, 11) is 0. The SMILES string of the molecule is CSCC[C@H](N)C(=O)N1CC2(C)CC1CC(C)(C)C2. The summed E-state index contributed by atoms with van der Waals surface area (Å²) < 4.78 is 0. The van der Waals surface area contributed by atoms with Crippen LogP contribution < -0.4 is 5.73 Å². The Hall–Kier alpha value is -0.220. The molecule has 1 heterocycles. The van der Waals surface area contributed by atoms with Crippen LogP contribution in [-0.4, -0.2) is 41.4 Å². The van der Waals surface area contributed by atoms with E-state index in [1.54, 1.807) is 11.8 Å². The Labute approximate surface area is 121 Å². The molecule has 19 heavy (non-hydrogen) atoms. The van der Waals surface area contributed by atoms with Gasteiger partial charge in [0.15, 0.2) is 0 Å².